The van der Waals surface area contributed by atoms with E-state index in [1.54, 1.807) is 0 Å². The highest BCUT2D eigenvalue weighted by molar-refractivity contribution is 6.19. The molecular formula is C22H19F2N3O5. The zero-order valence-electron chi connectivity index (χ0n) is 16.9. The van der Waals surface area contributed by atoms with Crippen molar-refractivity contribution in [1.29, 1.82) is 0 Å². The molecule has 2 aromatic carbocycles. The third-order valence-corrected chi connectivity index (χ3v) is 4.66. The van der Waals surface area contributed by atoms with Gasteiger partial charge < -0.3 is 15.7 Å². The molecule has 0 unspecified atom stereocenters. The highest BCUT2D eigenvalue weighted by Gasteiger charge is 2.38. The van der Waals surface area contributed by atoms with Crippen LogP contribution in [0.3, 0.4) is 0 Å². The molecule has 166 valence electrons. The molecule has 3 rings (SSSR count). The summed E-state index contributed by atoms with van der Waals surface area (Å²) in [5.41, 5.74) is 0.721. The van der Waals surface area contributed by atoms with E-state index in [1.165, 1.54) is 43.3 Å². The third-order valence-electron chi connectivity index (χ3n) is 4.66. The summed E-state index contributed by atoms with van der Waals surface area (Å²) in [6, 6.07) is 6.39. The lowest BCUT2D eigenvalue weighted by Gasteiger charge is -2.31. The second-order valence-electron chi connectivity index (χ2n) is 7.04. The maximum absolute atomic E-state index is 14.3. The van der Waals surface area contributed by atoms with Gasteiger partial charge in [0.2, 0.25) is 0 Å². The molecule has 1 atom stereocenters. The average molecular weight is 443 g/mol. The molecular weight excluding hydrogens is 424 g/mol. The number of benzene rings is 2. The van der Waals surface area contributed by atoms with Crippen LogP contribution in [0.15, 0.2) is 54.2 Å². The van der Waals surface area contributed by atoms with Crippen LogP contribution in [0.25, 0.3) is 11.1 Å². The van der Waals surface area contributed by atoms with E-state index in [-0.39, 0.29) is 29.8 Å². The number of nitrogens with zero attached hydrogens (tertiary/aromatic N) is 1. The zero-order valence-corrected chi connectivity index (χ0v) is 16.9. The van der Waals surface area contributed by atoms with E-state index in [9.17, 15) is 28.0 Å². The maximum atomic E-state index is 14.3. The highest BCUT2D eigenvalue weighted by Crippen LogP contribution is 2.29. The summed E-state index contributed by atoms with van der Waals surface area (Å²) in [5, 5.41) is 13.7. The molecule has 0 bridgehead atoms. The number of rotatable bonds is 6. The number of hydrogen-bond donors (Lipinski definition) is 3. The fourth-order valence-corrected chi connectivity index (χ4v) is 3.26. The van der Waals surface area contributed by atoms with Gasteiger partial charge in [-0.25, -0.2) is 13.6 Å². The van der Waals surface area contributed by atoms with Crippen molar-refractivity contribution < 1.29 is 33.1 Å². The van der Waals surface area contributed by atoms with Crippen LogP contribution >= 0.6 is 0 Å². The molecule has 1 heterocycles. The van der Waals surface area contributed by atoms with Crippen LogP contribution in [0.5, 0.6) is 0 Å². The van der Waals surface area contributed by atoms with E-state index in [0.29, 0.717) is 11.8 Å². The normalized spacial score (nSPS) is 15.6. The topological polar surface area (TPSA) is 116 Å². The molecule has 0 fully saturated rings. The van der Waals surface area contributed by atoms with Crippen LogP contribution in [0.2, 0.25) is 0 Å². The largest absolute Gasteiger partial charge is 0.481 e. The van der Waals surface area contributed by atoms with E-state index in [2.05, 4.69) is 10.6 Å². The Morgan fingerprint density at radius 1 is 1.16 bits per heavy atom. The minimum absolute atomic E-state index is 0.0506. The molecule has 3 amide bonds. The molecule has 8 nitrogen and oxygen atoms in total. The highest BCUT2D eigenvalue weighted by atomic mass is 19.1. The first-order chi connectivity index (χ1) is 15.2. The molecule has 0 spiro atoms. The number of carbonyl (C=O) groups excluding carboxylic acids is 3. The number of carboxylic acids is 1. The summed E-state index contributed by atoms with van der Waals surface area (Å²) in [5.74, 6) is -4.13. The Hall–Kier alpha value is -4.08. The molecule has 2 aromatic rings. The quantitative estimate of drug-likeness (QED) is 0.594. The number of amides is 3. The van der Waals surface area contributed by atoms with Gasteiger partial charge in [-0.1, -0.05) is 12.1 Å². The fourth-order valence-electron chi connectivity index (χ4n) is 3.26. The van der Waals surface area contributed by atoms with E-state index >= 15 is 0 Å². The van der Waals surface area contributed by atoms with Crippen molar-refractivity contribution in [2.24, 2.45) is 0 Å². The monoisotopic (exact) mass is 443 g/mol. The van der Waals surface area contributed by atoms with Crippen molar-refractivity contribution in [3.8, 4) is 11.1 Å². The van der Waals surface area contributed by atoms with Crippen LogP contribution < -0.4 is 15.5 Å². The summed E-state index contributed by atoms with van der Waals surface area (Å²) in [4.78, 5) is 49.7. The number of nitrogens with one attached hydrogen (secondary N) is 2. The second-order valence-corrected chi connectivity index (χ2v) is 7.04. The first-order valence-corrected chi connectivity index (χ1v) is 9.54. The smallest absolute Gasteiger partial charge is 0.323 e. The number of hydrogen-bond acceptors (Lipinski definition) is 4. The van der Waals surface area contributed by atoms with Crippen LogP contribution in [0.4, 0.5) is 19.3 Å². The Labute approximate surface area is 181 Å². The summed E-state index contributed by atoms with van der Waals surface area (Å²) in [6.45, 7) is 1.27. The second kappa shape index (κ2) is 9.38. The number of aliphatic carboxylic acids is 1. The van der Waals surface area contributed by atoms with Gasteiger partial charge in [-0.05, 0) is 36.8 Å². The molecule has 0 saturated heterocycles. The average Bonchev–Trinajstić information content (AvgIpc) is 2.70. The van der Waals surface area contributed by atoms with Gasteiger partial charge in [0.15, 0.2) is 11.8 Å². The molecule has 0 saturated carbocycles. The lowest BCUT2D eigenvalue weighted by atomic mass is 10.0. The molecule has 0 aromatic heterocycles. The lowest BCUT2D eigenvalue weighted by molar-refractivity contribution is -0.137. The summed E-state index contributed by atoms with van der Waals surface area (Å²) >= 11 is 0. The third kappa shape index (κ3) is 4.97. The van der Waals surface area contributed by atoms with Gasteiger partial charge in [0.25, 0.3) is 5.91 Å². The number of urea groups is 1. The van der Waals surface area contributed by atoms with Gasteiger partial charge in [0.1, 0.15) is 11.6 Å². The Balaban J connectivity index is 2.03. The molecule has 10 heteroatoms. The molecule has 32 heavy (non-hydrogen) atoms. The van der Waals surface area contributed by atoms with Crippen LogP contribution in [-0.4, -0.2) is 41.4 Å². The van der Waals surface area contributed by atoms with Crippen molar-refractivity contribution >= 4 is 29.4 Å². The molecule has 0 aliphatic carbocycles. The minimum Gasteiger partial charge on any atom is -0.481 e. The van der Waals surface area contributed by atoms with Gasteiger partial charge in [-0.15, -0.1) is 0 Å². The molecule has 1 aliphatic rings. The Kier molecular flexibility index (Phi) is 6.62. The summed E-state index contributed by atoms with van der Waals surface area (Å²) in [7, 11) is 0. The van der Waals surface area contributed by atoms with Crippen LogP contribution in [-0.2, 0) is 14.4 Å². The van der Waals surface area contributed by atoms with Gasteiger partial charge >= 0.3 is 12.0 Å². The summed E-state index contributed by atoms with van der Waals surface area (Å²) in [6.07, 6.45) is 0.803. The minimum atomic E-state index is -1.56. The number of ketones is 1. The van der Waals surface area contributed by atoms with Gasteiger partial charge in [0, 0.05) is 35.6 Å². The first-order valence-electron chi connectivity index (χ1n) is 9.54. The van der Waals surface area contributed by atoms with E-state index in [1.807, 2.05) is 0 Å². The van der Waals surface area contributed by atoms with Gasteiger partial charge in [0.05, 0.1) is 6.42 Å². The number of carboxylic acid groups (broad SMARTS) is 1. The summed E-state index contributed by atoms with van der Waals surface area (Å²) < 4.78 is 27.6. The maximum Gasteiger partial charge on any atom is 0.323 e. The molecule has 1 aliphatic heterocycles. The standard InChI is InChI=1S/C22H19F2N3O5/c1-12-9-18(28)20(21(31)26-12)27(22(32)25-8-7-19(29)30)15-4-2-3-13(10-15)16-6-5-14(23)11-17(16)24/h2-6,9-11,20H,7-8H2,1H3,(H,25,32)(H,26,31)(H,29,30)/t20-/m0/s1. The van der Waals surface area contributed by atoms with Crippen molar-refractivity contribution in [2.75, 3.05) is 11.4 Å². The lowest BCUT2D eigenvalue weighted by Crippen LogP contribution is -2.58. The SMILES string of the molecule is CC1=CC(=O)[C@H](N(C(=O)NCCC(=O)O)c2cccc(-c3ccc(F)cc3F)c2)C(=O)N1. The molecule has 3 N–H and O–H groups in total. The number of carbonyl (C=O) groups is 4. The van der Waals surface area contributed by atoms with Crippen molar-refractivity contribution in [3.63, 3.8) is 0 Å². The fraction of sp³-hybridized carbons (Fsp3) is 0.182. The predicted octanol–water partition coefficient (Wildman–Crippen LogP) is 2.59. The van der Waals surface area contributed by atoms with E-state index in [0.717, 1.165) is 11.0 Å². The Bertz CT molecular complexity index is 1130. The van der Waals surface area contributed by atoms with Crippen LogP contribution in [0, 0.1) is 11.6 Å². The number of allylic oxidation sites excluding steroid dienone is 1. The predicted molar refractivity (Wildman–Crippen MR) is 111 cm³/mol. The molecule has 0 radical (unpaired) electrons. The van der Waals surface area contributed by atoms with Crippen molar-refractivity contribution in [3.05, 3.63) is 65.9 Å². The van der Waals surface area contributed by atoms with Gasteiger partial charge in [-0.2, -0.15) is 0 Å². The Morgan fingerprint density at radius 3 is 2.56 bits per heavy atom. The first kappa shape index (κ1) is 22.6. The van der Waals surface area contributed by atoms with Gasteiger partial charge in [-0.3, -0.25) is 19.3 Å². The van der Waals surface area contributed by atoms with Crippen molar-refractivity contribution in [2.45, 2.75) is 19.4 Å². The van der Waals surface area contributed by atoms with E-state index in [4.69, 9.17) is 5.11 Å². The zero-order chi connectivity index (χ0) is 23.4. The van der Waals surface area contributed by atoms with Crippen molar-refractivity contribution in [1.82, 2.24) is 10.6 Å². The number of anilines is 1. The van der Waals surface area contributed by atoms with E-state index < -0.39 is 41.4 Å². The Morgan fingerprint density at radius 2 is 1.91 bits per heavy atom. The number of halogens is 2. The van der Waals surface area contributed by atoms with Crippen LogP contribution in [0.1, 0.15) is 13.3 Å².